The van der Waals surface area contributed by atoms with Crippen LogP contribution in [-0.2, 0) is 11.3 Å². The van der Waals surface area contributed by atoms with Gasteiger partial charge in [-0.1, -0.05) is 31.4 Å². The fraction of sp³-hybridized carbons (Fsp3) is 0.600. The Kier molecular flexibility index (Phi) is 6.27. The van der Waals surface area contributed by atoms with E-state index in [2.05, 4.69) is 9.88 Å². The van der Waals surface area contributed by atoms with Gasteiger partial charge >= 0.3 is 0 Å². The molecule has 1 aliphatic carbocycles. The van der Waals surface area contributed by atoms with Crippen molar-refractivity contribution in [2.75, 3.05) is 27.2 Å². The smallest absolute Gasteiger partial charge is 0.242 e. The Labute approximate surface area is 155 Å². The largest absolute Gasteiger partial charge is 0.390 e. The fourth-order valence-electron chi connectivity index (χ4n) is 3.91. The normalized spacial score (nSPS) is 16.7. The number of likely N-dealkylation sites (N-methyl/N-ethyl adjacent to an activating group) is 2. The van der Waals surface area contributed by atoms with Crippen molar-refractivity contribution < 1.29 is 9.90 Å². The van der Waals surface area contributed by atoms with Crippen LogP contribution in [0.15, 0.2) is 24.3 Å². The van der Waals surface area contributed by atoms with Gasteiger partial charge in [-0.05, 0) is 32.0 Å². The molecule has 1 unspecified atom stereocenters. The summed E-state index contributed by atoms with van der Waals surface area (Å²) in [6, 6.07) is 8.04. The lowest BCUT2D eigenvalue weighted by molar-refractivity contribution is -0.131. The molecule has 2 N–H and O–H groups in total. The Morgan fingerprint density at radius 1 is 1.35 bits per heavy atom. The van der Waals surface area contributed by atoms with Gasteiger partial charge < -0.3 is 19.9 Å². The first kappa shape index (κ1) is 18.9. The molecule has 1 aliphatic rings. The lowest BCUT2D eigenvalue weighted by atomic mass is 9.88. The number of nitrogens with one attached hydrogen (secondary N) is 1. The van der Waals surface area contributed by atoms with Gasteiger partial charge in [0.2, 0.25) is 5.91 Å². The van der Waals surface area contributed by atoms with Gasteiger partial charge in [0.05, 0.1) is 17.1 Å². The molecule has 0 bridgehead atoms. The van der Waals surface area contributed by atoms with Crippen LogP contribution in [0.2, 0.25) is 0 Å². The van der Waals surface area contributed by atoms with Gasteiger partial charge in [-0.25, -0.2) is 4.98 Å². The number of carbonyl (C=O) groups is 1. The first-order valence-corrected chi connectivity index (χ1v) is 9.62. The minimum atomic E-state index is -0.564. The van der Waals surface area contributed by atoms with Crippen LogP contribution in [0.4, 0.5) is 0 Å². The Balaban J connectivity index is 1.82. The molecule has 0 spiro atoms. The number of fused-ring (bicyclic) bond motifs is 1. The molecule has 142 valence electrons. The van der Waals surface area contributed by atoms with E-state index in [1.165, 1.54) is 19.3 Å². The van der Waals surface area contributed by atoms with Gasteiger partial charge in [-0.3, -0.25) is 4.79 Å². The molecule has 1 amide bonds. The highest BCUT2D eigenvalue weighted by Crippen LogP contribution is 2.33. The van der Waals surface area contributed by atoms with E-state index in [4.69, 9.17) is 4.98 Å². The molecule has 0 aliphatic heterocycles. The van der Waals surface area contributed by atoms with Crippen molar-refractivity contribution in [3.05, 3.63) is 30.1 Å². The maximum absolute atomic E-state index is 12.8. The summed E-state index contributed by atoms with van der Waals surface area (Å²) in [5.41, 5.74) is 1.98. The van der Waals surface area contributed by atoms with E-state index < -0.39 is 6.10 Å². The van der Waals surface area contributed by atoms with E-state index in [-0.39, 0.29) is 12.5 Å². The molecular formula is C20H30N4O2. The molecule has 6 nitrogen and oxygen atoms in total. The van der Waals surface area contributed by atoms with Crippen LogP contribution in [-0.4, -0.2) is 58.8 Å². The number of rotatable bonds is 7. The van der Waals surface area contributed by atoms with Crippen LogP contribution in [0.25, 0.3) is 11.0 Å². The number of benzene rings is 1. The summed E-state index contributed by atoms with van der Waals surface area (Å²) in [7, 11) is 3.54. The minimum absolute atomic E-state index is 0.000338. The van der Waals surface area contributed by atoms with Gasteiger partial charge in [0.25, 0.3) is 0 Å². The summed E-state index contributed by atoms with van der Waals surface area (Å²) in [6.45, 7) is 1.07. The topological polar surface area (TPSA) is 70.4 Å². The van der Waals surface area contributed by atoms with Crippen LogP contribution < -0.4 is 5.32 Å². The maximum Gasteiger partial charge on any atom is 0.242 e. The fourth-order valence-corrected chi connectivity index (χ4v) is 3.91. The predicted molar refractivity (Wildman–Crippen MR) is 103 cm³/mol. The van der Waals surface area contributed by atoms with Crippen molar-refractivity contribution in [2.24, 2.45) is 0 Å². The number of carbonyl (C=O) groups excluding carboxylic acids is 1. The number of aliphatic hydroxyl groups is 1. The lowest BCUT2D eigenvalue weighted by Crippen LogP contribution is -2.40. The molecule has 26 heavy (non-hydrogen) atoms. The highest BCUT2D eigenvalue weighted by atomic mass is 16.3. The van der Waals surface area contributed by atoms with E-state index in [1.807, 2.05) is 24.3 Å². The summed E-state index contributed by atoms with van der Waals surface area (Å²) in [5.74, 6) is 1.48. The quantitative estimate of drug-likeness (QED) is 0.795. The molecule has 1 aromatic heterocycles. The number of aliphatic hydroxyl groups excluding tert-OH is 1. The molecule has 1 heterocycles. The lowest BCUT2D eigenvalue weighted by Gasteiger charge is -2.24. The summed E-state index contributed by atoms with van der Waals surface area (Å²) in [6.07, 6.45) is 5.49. The average molecular weight is 358 g/mol. The third kappa shape index (κ3) is 4.24. The molecular weight excluding hydrogens is 328 g/mol. The number of amides is 1. The van der Waals surface area contributed by atoms with Gasteiger partial charge in [0.1, 0.15) is 12.4 Å². The van der Waals surface area contributed by atoms with Crippen LogP contribution in [0.3, 0.4) is 0 Å². The van der Waals surface area contributed by atoms with E-state index in [9.17, 15) is 9.90 Å². The van der Waals surface area contributed by atoms with E-state index in [1.54, 1.807) is 19.0 Å². The number of hydrogen-bond donors (Lipinski definition) is 2. The van der Waals surface area contributed by atoms with Crippen LogP contribution >= 0.6 is 0 Å². The van der Waals surface area contributed by atoms with Crippen LogP contribution in [0.5, 0.6) is 0 Å². The minimum Gasteiger partial charge on any atom is -0.390 e. The van der Waals surface area contributed by atoms with Gasteiger partial charge in [-0.15, -0.1) is 0 Å². The van der Waals surface area contributed by atoms with Crippen molar-refractivity contribution in [1.29, 1.82) is 0 Å². The Morgan fingerprint density at radius 3 is 2.81 bits per heavy atom. The Morgan fingerprint density at radius 2 is 2.08 bits per heavy atom. The number of imidazole rings is 1. The summed E-state index contributed by atoms with van der Waals surface area (Å²) in [5, 5.41) is 12.9. The van der Waals surface area contributed by atoms with Gasteiger partial charge in [-0.2, -0.15) is 0 Å². The molecule has 0 saturated heterocycles. The molecule has 3 rings (SSSR count). The molecule has 1 saturated carbocycles. The summed E-state index contributed by atoms with van der Waals surface area (Å²) < 4.78 is 2.09. The third-order valence-electron chi connectivity index (χ3n) is 5.30. The van der Waals surface area contributed by atoms with Gasteiger partial charge in [0.15, 0.2) is 0 Å². The van der Waals surface area contributed by atoms with Crippen molar-refractivity contribution >= 4 is 16.9 Å². The molecule has 1 atom stereocenters. The molecule has 1 fully saturated rings. The molecule has 0 radical (unpaired) electrons. The van der Waals surface area contributed by atoms with E-state index in [0.717, 1.165) is 29.7 Å². The van der Waals surface area contributed by atoms with Crippen LogP contribution in [0, 0.1) is 0 Å². The summed E-state index contributed by atoms with van der Waals surface area (Å²) >= 11 is 0. The SMILES string of the molecule is CNCC(O)CN(C)C(=O)Cn1c(C2CCCCC2)nc2ccccc21. The highest BCUT2D eigenvalue weighted by Gasteiger charge is 2.24. The monoisotopic (exact) mass is 358 g/mol. The first-order chi connectivity index (χ1) is 12.6. The van der Waals surface area contributed by atoms with Crippen molar-refractivity contribution in [1.82, 2.24) is 19.8 Å². The zero-order valence-corrected chi connectivity index (χ0v) is 15.8. The van der Waals surface area contributed by atoms with E-state index >= 15 is 0 Å². The number of nitrogens with zero attached hydrogens (tertiary/aromatic N) is 3. The molecule has 2 aromatic rings. The van der Waals surface area contributed by atoms with E-state index in [0.29, 0.717) is 19.0 Å². The Bertz CT molecular complexity index is 736. The average Bonchev–Trinajstić information content (AvgIpc) is 3.01. The second-order valence-corrected chi connectivity index (χ2v) is 7.37. The molecule has 6 heteroatoms. The number of aromatic nitrogens is 2. The number of hydrogen-bond acceptors (Lipinski definition) is 4. The highest BCUT2D eigenvalue weighted by molar-refractivity contribution is 5.81. The third-order valence-corrected chi connectivity index (χ3v) is 5.30. The van der Waals surface area contributed by atoms with Crippen molar-refractivity contribution in [3.8, 4) is 0 Å². The zero-order valence-electron chi connectivity index (χ0n) is 15.8. The van der Waals surface area contributed by atoms with Crippen LogP contribution in [0.1, 0.15) is 43.8 Å². The Hall–Kier alpha value is -1.92. The first-order valence-electron chi connectivity index (χ1n) is 9.62. The van der Waals surface area contributed by atoms with Gasteiger partial charge in [0, 0.05) is 26.1 Å². The molecule has 1 aromatic carbocycles. The van der Waals surface area contributed by atoms with Crippen molar-refractivity contribution in [3.63, 3.8) is 0 Å². The predicted octanol–water partition coefficient (Wildman–Crippen LogP) is 2.12. The summed E-state index contributed by atoms with van der Waals surface area (Å²) in [4.78, 5) is 19.3. The zero-order chi connectivity index (χ0) is 18.5. The maximum atomic E-state index is 12.8. The second-order valence-electron chi connectivity index (χ2n) is 7.37. The van der Waals surface area contributed by atoms with Crippen molar-refractivity contribution in [2.45, 2.75) is 50.7 Å². The standard InChI is InChI=1S/C20H30N4O2/c1-21-12-16(25)13-23(2)19(26)14-24-18-11-7-6-10-17(18)22-20(24)15-8-4-3-5-9-15/h6-7,10-11,15-16,21,25H,3-5,8-9,12-14H2,1-2H3. The number of para-hydroxylation sites is 2. The second kappa shape index (κ2) is 8.64.